The average Bonchev–Trinajstić information content (AvgIpc) is 2.91. The molecule has 2 aromatic rings. The van der Waals surface area contributed by atoms with E-state index in [9.17, 15) is 9.90 Å². The van der Waals surface area contributed by atoms with Gasteiger partial charge in [0.05, 0.1) is 4.34 Å². The van der Waals surface area contributed by atoms with Crippen LogP contribution in [0.15, 0.2) is 35.7 Å². The van der Waals surface area contributed by atoms with Crippen LogP contribution >= 0.6 is 22.9 Å². The second-order valence-corrected chi connectivity index (χ2v) is 6.83. The Balaban J connectivity index is 1.97. The van der Waals surface area contributed by atoms with Crippen LogP contribution in [0.5, 0.6) is 0 Å². The molecule has 2 heterocycles. The number of carboxylic acid groups (broad SMARTS) is 1. The Hall–Kier alpha value is -1.36. The lowest BCUT2D eigenvalue weighted by Crippen LogP contribution is -2.41. The van der Waals surface area contributed by atoms with E-state index in [1.165, 1.54) is 11.3 Å². The number of benzene rings is 1. The third kappa shape index (κ3) is 2.71. The van der Waals surface area contributed by atoms with Crippen LogP contribution in [0.1, 0.15) is 35.7 Å². The van der Waals surface area contributed by atoms with Crippen LogP contribution < -0.4 is 0 Å². The number of carboxylic acids is 1. The topological polar surface area (TPSA) is 40.5 Å². The van der Waals surface area contributed by atoms with Crippen molar-refractivity contribution in [1.29, 1.82) is 0 Å². The SMILES string of the molecule is CC(c1csc(Cl)c1)N1CCc2ccccc2C1C(=O)O. The minimum atomic E-state index is -0.796. The fraction of sp³-hybridized carbons (Fsp3) is 0.312. The molecule has 1 aliphatic rings. The molecule has 3 rings (SSSR count). The van der Waals surface area contributed by atoms with Crippen molar-refractivity contribution in [1.82, 2.24) is 4.90 Å². The third-order valence-corrected chi connectivity index (χ3v) is 5.23. The molecule has 1 N–H and O–H groups in total. The van der Waals surface area contributed by atoms with Crippen molar-refractivity contribution >= 4 is 28.9 Å². The van der Waals surface area contributed by atoms with Gasteiger partial charge in [0.15, 0.2) is 0 Å². The molecular weight excluding hydrogens is 306 g/mol. The van der Waals surface area contributed by atoms with E-state index < -0.39 is 12.0 Å². The van der Waals surface area contributed by atoms with Crippen molar-refractivity contribution in [3.63, 3.8) is 0 Å². The van der Waals surface area contributed by atoms with Gasteiger partial charge in [0, 0.05) is 12.6 Å². The number of thiophene rings is 1. The third-order valence-electron chi connectivity index (χ3n) is 4.12. The molecule has 3 nitrogen and oxygen atoms in total. The first-order valence-electron chi connectivity index (χ1n) is 6.88. The molecule has 5 heteroatoms. The Morgan fingerprint density at radius 1 is 1.48 bits per heavy atom. The monoisotopic (exact) mass is 321 g/mol. The molecule has 0 bridgehead atoms. The number of carbonyl (C=O) groups is 1. The lowest BCUT2D eigenvalue weighted by atomic mass is 9.90. The molecule has 0 saturated carbocycles. The van der Waals surface area contributed by atoms with Crippen molar-refractivity contribution in [2.75, 3.05) is 6.54 Å². The number of hydrogen-bond acceptors (Lipinski definition) is 3. The smallest absolute Gasteiger partial charge is 0.325 e. The van der Waals surface area contributed by atoms with E-state index >= 15 is 0 Å². The molecule has 2 atom stereocenters. The summed E-state index contributed by atoms with van der Waals surface area (Å²) in [7, 11) is 0. The summed E-state index contributed by atoms with van der Waals surface area (Å²) in [5.41, 5.74) is 3.12. The van der Waals surface area contributed by atoms with Gasteiger partial charge in [0.2, 0.25) is 0 Å². The molecule has 1 aromatic heterocycles. The summed E-state index contributed by atoms with van der Waals surface area (Å²) >= 11 is 7.49. The van der Waals surface area contributed by atoms with Gasteiger partial charge in [-0.05, 0) is 41.5 Å². The van der Waals surface area contributed by atoms with Crippen molar-refractivity contribution in [2.24, 2.45) is 0 Å². The summed E-state index contributed by atoms with van der Waals surface area (Å²) in [4.78, 5) is 13.8. The first kappa shape index (κ1) is 14.6. The maximum atomic E-state index is 11.8. The highest BCUT2D eigenvalue weighted by Crippen LogP contribution is 2.37. The van der Waals surface area contributed by atoms with Gasteiger partial charge < -0.3 is 5.11 Å². The molecule has 2 unspecified atom stereocenters. The summed E-state index contributed by atoms with van der Waals surface area (Å²) in [6.45, 7) is 2.78. The molecule has 0 saturated heterocycles. The molecule has 1 aliphatic heterocycles. The van der Waals surface area contributed by atoms with Crippen LogP contribution in [0.3, 0.4) is 0 Å². The first-order valence-corrected chi connectivity index (χ1v) is 8.14. The Kier molecular flexibility index (Phi) is 4.02. The van der Waals surface area contributed by atoms with Gasteiger partial charge in [-0.3, -0.25) is 9.69 Å². The van der Waals surface area contributed by atoms with Crippen molar-refractivity contribution in [3.05, 3.63) is 56.7 Å². The molecule has 0 fully saturated rings. The van der Waals surface area contributed by atoms with Crippen molar-refractivity contribution in [3.8, 4) is 0 Å². The van der Waals surface area contributed by atoms with Crippen LogP contribution in [0, 0.1) is 0 Å². The molecule has 0 aliphatic carbocycles. The Morgan fingerprint density at radius 2 is 2.24 bits per heavy atom. The van der Waals surface area contributed by atoms with Crippen LogP contribution in [0.4, 0.5) is 0 Å². The number of fused-ring (bicyclic) bond motifs is 1. The quantitative estimate of drug-likeness (QED) is 0.923. The minimum Gasteiger partial charge on any atom is -0.480 e. The van der Waals surface area contributed by atoms with E-state index in [0.717, 1.165) is 34.0 Å². The maximum absolute atomic E-state index is 11.8. The molecular formula is C16H16ClNO2S. The van der Waals surface area contributed by atoms with E-state index in [2.05, 4.69) is 0 Å². The zero-order valence-electron chi connectivity index (χ0n) is 11.6. The van der Waals surface area contributed by atoms with Crippen LogP contribution in [0.25, 0.3) is 0 Å². The predicted molar refractivity (Wildman–Crippen MR) is 85.0 cm³/mol. The predicted octanol–water partition coefficient (Wildman–Crippen LogP) is 4.15. The van der Waals surface area contributed by atoms with Gasteiger partial charge >= 0.3 is 5.97 Å². The maximum Gasteiger partial charge on any atom is 0.325 e. The normalized spacial score (nSPS) is 20.0. The largest absolute Gasteiger partial charge is 0.480 e. The van der Waals surface area contributed by atoms with E-state index in [0.29, 0.717) is 0 Å². The highest BCUT2D eigenvalue weighted by molar-refractivity contribution is 7.14. The lowest BCUT2D eigenvalue weighted by Gasteiger charge is -2.38. The molecule has 0 radical (unpaired) electrons. The Morgan fingerprint density at radius 3 is 2.90 bits per heavy atom. The number of hydrogen-bond donors (Lipinski definition) is 1. The summed E-state index contributed by atoms with van der Waals surface area (Å²) < 4.78 is 0.737. The molecule has 0 amide bonds. The Labute approximate surface area is 132 Å². The number of nitrogens with zero attached hydrogens (tertiary/aromatic N) is 1. The fourth-order valence-electron chi connectivity index (χ4n) is 3.01. The van der Waals surface area contributed by atoms with Crippen molar-refractivity contribution < 1.29 is 9.90 Å². The van der Waals surface area contributed by atoms with Gasteiger partial charge in [0.1, 0.15) is 6.04 Å². The van der Waals surface area contributed by atoms with E-state index in [-0.39, 0.29) is 6.04 Å². The van der Waals surface area contributed by atoms with Crippen molar-refractivity contribution in [2.45, 2.75) is 25.4 Å². The van der Waals surface area contributed by atoms with E-state index in [1.54, 1.807) is 0 Å². The van der Waals surface area contributed by atoms with Gasteiger partial charge in [-0.15, -0.1) is 11.3 Å². The lowest BCUT2D eigenvalue weighted by molar-refractivity contribution is -0.145. The van der Waals surface area contributed by atoms with Gasteiger partial charge in [0.25, 0.3) is 0 Å². The zero-order chi connectivity index (χ0) is 15.0. The van der Waals surface area contributed by atoms with Crippen LogP contribution in [-0.4, -0.2) is 22.5 Å². The highest BCUT2D eigenvalue weighted by atomic mass is 35.5. The van der Waals surface area contributed by atoms with Gasteiger partial charge in [-0.2, -0.15) is 0 Å². The first-order chi connectivity index (χ1) is 10.1. The number of aliphatic carboxylic acids is 1. The van der Waals surface area contributed by atoms with Gasteiger partial charge in [-0.1, -0.05) is 35.9 Å². The summed E-state index contributed by atoms with van der Waals surface area (Å²) in [6, 6.07) is 9.19. The second-order valence-electron chi connectivity index (χ2n) is 5.29. The summed E-state index contributed by atoms with van der Waals surface area (Å²) in [5.74, 6) is -0.796. The Bertz CT molecular complexity index is 670. The molecule has 21 heavy (non-hydrogen) atoms. The molecule has 1 aromatic carbocycles. The number of rotatable bonds is 3. The average molecular weight is 322 g/mol. The standard InChI is InChI=1S/C16H16ClNO2S/c1-10(12-8-14(17)21-9-12)18-7-6-11-4-2-3-5-13(11)15(18)16(19)20/h2-5,8-10,15H,6-7H2,1H3,(H,19,20). The summed E-state index contributed by atoms with van der Waals surface area (Å²) in [5, 5.41) is 11.7. The second kappa shape index (κ2) is 5.79. The van der Waals surface area contributed by atoms with E-state index in [1.807, 2.05) is 47.5 Å². The molecule has 0 spiro atoms. The van der Waals surface area contributed by atoms with E-state index in [4.69, 9.17) is 11.6 Å². The number of halogens is 1. The van der Waals surface area contributed by atoms with Crippen LogP contribution in [0.2, 0.25) is 4.34 Å². The minimum absolute atomic E-state index is 0.0307. The highest BCUT2D eigenvalue weighted by Gasteiger charge is 2.35. The summed E-state index contributed by atoms with van der Waals surface area (Å²) in [6.07, 6.45) is 0.877. The van der Waals surface area contributed by atoms with Crippen LogP contribution in [-0.2, 0) is 11.2 Å². The molecule has 110 valence electrons. The zero-order valence-corrected chi connectivity index (χ0v) is 13.2. The fourth-order valence-corrected chi connectivity index (χ4v) is 3.99. The van der Waals surface area contributed by atoms with Gasteiger partial charge in [-0.25, -0.2) is 0 Å².